The molecule has 1 rings (SSSR count). The average molecular weight is 345 g/mol. The molecule has 1 aromatic carbocycles. The van der Waals surface area contributed by atoms with Crippen molar-refractivity contribution in [3.63, 3.8) is 0 Å². The first-order valence-corrected chi connectivity index (χ1v) is 7.14. The van der Waals surface area contributed by atoms with Crippen LogP contribution >= 0.6 is 15.9 Å². The highest BCUT2D eigenvalue weighted by Gasteiger charge is 2.20. The number of amides is 1. The molecule has 6 heteroatoms. The quantitative estimate of drug-likeness (QED) is 0.794. The maximum absolute atomic E-state index is 10.9. The van der Waals surface area contributed by atoms with Crippen LogP contribution in [0.2, 0.25) is 0 Å². The summed E-state index contributed by atoms with van der Waals surface area (Å²) >= 11 is 3.45. The predicted molar refractivity (Wildman–Crippen MR) is 81.8 cm³/mol. The second kappa shape index (κ2) is 7.50. The van der Waals surface area contributed by atoms with Crippen LogP contribution in [-0.4, -0.2) is 20.1 Å². The van der Waals surface area contributed by atoms with Gasteiger partial charge in [-0.2, -0.15) is 0 Å². The lowest BCUT2D eigenvalue weighted by molar-refractivity contribution is -0.118. The summed E-state index contributed by atoms with van der Waals surface area (Å²) < 4.78 is 11.4. The van der Waals surface area contributed by atoms with Gasteiger partial charge in [0.2, 0.25) is 5.91 Å². The smallest absolute Gasteiger partial charge is 0.217 e. The third kappa shape index (κ3) is 4.11. The average Bonchev–Trinajstić information content (AvgIpc) is 2.36. The molecular weight excluding hydrogens is 324 g/mol. The molecule has 0 bridgehead atoms. The van der Waals surface area contributed by atoms with Crippen LogP contribution in [0.1, 0.15) is 31.4 Å². The van der Waals surface area contributed by atoms with Gasteiger partial charge in [0.1, 0.15) is 16.0 Å². The molecule has 0 heterocycles. The molecule has 4 N–H and O–H groups in total. The third-order valence-corrected chi connectivity index (χ3v) is 3.87. The molecule has 20 heavy (non-hydrogen) atoms. The number of methoxy groups -OCH3 is 2. The normalized spacial score (nSPS) is 13.7. The Morgan fingerprint density at radius 2 is 2.00 bits per heavy atom. The fourth-order valence-corrected chi connectivity index (χ4v) is 2.88. The van der Waals surface area contributed by atoms with Gasteiger partial charge in [-0.15, -0.1) is 0 Å². The molecule has 0 spiro atoms. The molecule has 112 valence electrons. The number of carbonyl (C=O) groups excluding carboxylic acids is 1. The molecule has 1 amide bonds. The van der Waals surface area contributed by atoms with E-state index >= 15 is 0 Å². The molecule has 0 aliphatic carbocycles. The predicted octanol–water partition coefficient (Wildman–Crippen LogP) is 2.37. The first-order valence-electron chi connectivity index (χ1n) is 6.34. The van der Waals surface area contributed by atoms with E-state index in [0.29, 0.717) is 24.3 Å². The van der Waals surface area contributed by atoms with Gasteiger partial charge in [-0.3, -0.25) is 4.79 Å². The number of hydrogen-bond acceptors (Lipinski definition) is 4. The monoisotopic (exact) mass is 344 g/mol. The topological polar surface area (TPSA) is 87.6 Å². The highest BCUT2D eigenvalue weighted by atomic mass is 79.9. The van der Waals surface area contributed by atoms with Crippen LogP contribution in [0.25, 0.3) is 0 Å². The van der Waals surface area contributed by atoms with Crippen LogP contribution in [-0.2, 0) is 4.79 Å². The number of ether oxygens (including phenoxy) is 2. The lowest BCUT2D eigenvalue weighted by Crippen LogP contribution is -2.20. The summed E-state index contributed by atoms with van der Waals surface area (Å²) in [6, 6.07) is 3.48. The van der Waals surface area contributed by atoms with Gasteiger partial charge < -0.3 is 20.9 Å². The molecular formula is C14H21BrN2O3. The largest absolute Gasteiger partial charge is 0.495 e. The van der Waals surface area contributed by atoms with Crippen molar-refractivity contribution in [2.24, 2.45) is 17.4 Å². The molecule has 2 atom stereocenters. The maximum atomic E-state index is 10.9. The van der Waals surface area contributed by atoms with Gasteiger partial charge in [-0.25, -0.2) is 0 Å². The van der Waals surface area contributed by atoms with Crippen LogP contribution in [0, 0.1) is 5.92 Å². The summed E-state index contributed by atoms with van der Waals surface area (Å²) in [6.45, 7) is 1.95. The van der Waals surface area contributed by atoms with E-state index in [1.165, 1.54) is 0 Å². The van der Waals surface area contributed by atoms with Crippen molar-refractivity contribution in [2.45, 2.75) is 25.8 Å². The van der Waals surface area contributed by atoms with Gasteiger partial charge in [0.05, 0.1) is 14.2 Å². The zero-order valence-corrected chi connectivity index (χ0v) is 13.6. The van der Waals surface area contributed by atoms with Crippen molar-refractivity contribution in [3.05, 3.63) is 22.2 Å². The number of carbonyl (C=O) groups is 1. The van der Waals surface area contributed by atoms with E-state index in [4.69, 9.17) is 20.9 Å². The molecule has 0 aliphatic heterocycles. The van der Waals surface area contributed by atoms with Crippen LogP contribution in [0.3, 0.4) is 0 Å². The summed E-state index contributed by atoms with van der Waals surface area (Å²) in [4.78, 5) is 10.9. The highest BCUT2D eigenvalue weighted by molar-refractivity contribution is 9.10. The molecule has 1 aromatic rings. The van der Waals surface area contributed by atoms with Gasteiger partial charge >= 0.3 is 0 Å². The SMILES string of the molecule is COc1ccc(C(N)CC(C)CC(N)=O)c(OC)c1Br. The summed E-state index contributed by atoms with van der Waals surface area (Å²) in [6.07, 6.45) is 0.978. The second-order valence-electron chi connectivity index (χ2n) is 4.82. The first kappa shape index (κ1) is 16.8. The minimum atomic E-state index is -0.312. The second-order valence-corrected chi connectivity index (χ2v) is 5.62. The Labute approximate surface area is 127 Å². The lowest BCUT2D eigenvalue weighted by atomic mass is 9.93. The molecule has 0 saturated heterocycles. The van der Waals surface area contributed by atoms with Crippen LogP contribution in [0.5, 0.6) is 11.5 Å². The molecule has 2 unspecified atom stereocenters. The minimum Gasteiger partial charge on any atom is -0.495 e. The molecule has 5 nitrogen and oxygen atoms in total. The fourth-order valence-electron chi connectivity index (χ4n) is 2.20. The zero-order valence-electron chi connectivity index (χ0n) is 12.0. The molecule has 0 aromatic heterocycles. The fraction of sp³-hybridized carbons (Fsp3) is 0.500. The Bertz CT molecular complexity index is 480. The van der Waals surface area contributed by atoms with Crippen molar-refractivity contribution >= 4 is 21.8 Å². The standard InChI is InChI=1S/C14H21BrN2O3/c1-8(7-12(17)18)6-10(16)9-4-5-11(19-2)13(15)14(9)20-3/h4-5,8,10H,6-7,16H2,1-3H3,(H2,17,18). The first-order chi connectivity index (χ1) is 9.40. The van der Waals surface area contributed by atoms with Gasteiger partial charge in [0.15, 0.2) is 0 Å². The van der Waals surface area contributed by atoms with E-state index < -0.39 is 0 Å². The third-order valence-electron chi connectivity index (χ3n) is 3.12. The molecule has 0 fully saturated rings. The Hall–Kier alpha value is -1.27. The lowest BCUT2D eigenvalue weighted by Gasteiger charge is -2.20. The molecule has 0 saturated carbocycles. The zero-order chi connectivity index (χ0) is 15.3. The highest BCUT2D eigenvalue weighted by Crippen LogP contribution is 2.40. The van der Waals surface area contributed by atoms with E-state index in [2.05, 4.69) is 15.9 Å². The molecule has 0 radical (unpaired) electrons. The van der Waals surface area contributed by atoms with Crippen LogP contribution in [0.4, 0.5) is 0 Å². The summed E-state index contributed by atoms with van der Waals surface area (Å²) in [5.74, 6) is 1.15. The summed E-state index contributed by atoms with van der Waals surface area (Å²) in [5, 5.41) is 0. The van der Waals surface area contributed by atoms with Crippen LogP contribution < -0.4 is 20.9 Å². The maximum Gasteiger partial charge on any atom is 0.217 e. The molecule has 0 aliphatic rings. The Morgan fingerprint density at radius 3 is 2.50 bits per heavy atom. The number of nitrogens with two attached hydrogens (primary N) is 2. The summed E-state index contributed by atoms with van der Waals surface area (Å²) in [5.41, 5.74) is 12.3. The Morgan fingerprint density at radius 1 is 1.35 bits per heavy atom. The van der Waals surface area contributed by atoms with Crippen molar-refractivity contribution in [1.29, 1.82) is 0 Å². The van der Waals surface area contributed by atoms with E-state index in [-0.39, 0.29) is 17.9 Å². The van der Waals surface area contributed by atoms with E-state index in [1.807, 2.05) is 19.1 Å². The number of primary amides is 1. The summed E-state index contributed by atoms with van der Waals surface area (Å²) in [7, 11) is 3.18. The van der Waals surface area contributed by atoms with Crippen LogP contribution in [0.15, 0.2) is 16.6 Å². The minimum absolute atomic E-state index is 0.119. The number of hydrogen-bond donors (Lipinski definition) is 2. The van der Waals surface area contributed by atoms with E-state index in [9.17, 15) is 4.79 Å². The van der Waals surface area contributed by atoms with Gasteiger partial charge in [0, 0.05) is 18.0 Å². The number of halogens is 1. The van der Waals surface area contributed by atoms with Gasteiger partial charge in [0.25, 0.3) is 0 Å². The van der Waals surface area contributed by atoms with Crippen molar-refractivity contribution in [3.8, 4) is 11.5 Å². The van der Waals surface area contributed by atoms with Crippen molar-refractivity contribution in [1.82, 2.24) is 0 Å². The van der Waals surface area contributed by atoms with Gasteiger partial charge in [-0.1, -0.05) is 6.92 Å². The van der Waals surface area contributed by atoms with Crippen molar-refractivity contribution < 1.29 is 14.3 Å². The number of rotatable bonds is 7. The van der Waals surface area contributed by atoms with Crippen molar-refractivity contribution in [2.75, 3.05) is 14.2 Å². The Balaban J connectivity index is 2.95. The number of benzene rings is 1. The van der Waals surface area contributed by atoms with E-state index in [1.54, 1.807) is 14.2 Å². The van der Waals surface area contributed by atoms with Gasteiger partial charge in [-0.05, 0) is 40.4 Å². The Kier molecular flexibility index (Phi) is 6.29. The van der Waals surface area contributed by atoms with E-state index in [0.717, 1.165) is 10.0 Å².